The Morgan fingerprint density at radius 2 is 2.04 bits per heavy atom. The lowest BCUT2D eigenvalue weighted by molar-refractivity contribution is -0.117. The Morgan fingerprint density at radius 1 is 1.21 bits per heavy atom. The smallest absolute Gasteiger partial charge is 0.262 e. The SMILES string of the molecule is CCN(CCCNC(=O)C=C1Sc2ccccc2NC1=O)c1cccc(C)c1. The third-order valence-corrected chi connectivity index (χ3v) is 5.59. The lowest BCUT2D eigenvalue weighted by Gasteiger charge is -2.23. The zero-order chi connectivity index (χ0) is 19.9. The van der Waals surface area contributed by atoms with Gasteiger partial charge in [-0.15, -0.1) is 0 Å². The van der Waals surface area contributed by atoms with Crippen LogP contribution < -0.4 is 15.5 Å². The van der Waals surface area contributed by atoms with Crippen molar-refractivity contribution in [2.75, 3.05) is 29.9 Å². The zero-order valence-electron chi connectivity index (χ0n) is 16.2. The summed E-state index contributed by atoms with van der Waals surface area (Å²) in [7, 11) is 0. The summed E-state index contributed by atoms with van der Waals surface area (Å²) < 4.78 is 0. The molecule has 0 saturated heterocycles. The van der Waals surface area contributed by atoms with Gasteiger partial charge in [0.2, 0.25) is 5.91 Å². The van der Waals surface area contributed by atoms with Crippen LogP contribution >= 0.6 is 11.8 Å². The number of carbonyl (C=O) groups is 2. The number of aryl methyl sites for hydroxylation is 1. The van der Waals surface area contributed by atoms with Crippen LogP contribution in [0.5, 0.6) is 0 Å². The van der Waals surface area contributed by atoms with Crippen LogP contribution in [0.15, 0.2) is 64.4 Å². The Balaban J connectivity index is 1.49. The molecule has 2 aromatic rings. The van der Waals surface area contributed by atoms with Gasteiger partial charge in [0.05, 0.1) is 10.6 Å². The normalized spacial score (nSPS) is 14.4. The lowest BCUT2D eigenvalue weighted by Crippen LogP contribution is -2.29. The molecule has 0 saturated carbocycles. The molecule has 2 N–H and O–H groups in total. The van der Waals surface area contributed by atoms with Crippen molar-refractivity contribution in [3.05, 3.63) is 65.1 Å². The molecule has 2 amide bonds. The summed E-state index contributed by atoms with van der Waals surface area (Å²) in [6.45, 7) is 6.55. The first kappa shape index (κ1) is 20.0. The number of para-hydroxylation sites is 1. The van der Waals surface area contributed by atoms with Crippen LogP contribution in [0, 0.1) is 6.92 Å². The summed E-state index contributed by atoms with van der Waals surface area (Å²) in [5.74, 6) is -0.480. The molecule has 0 fully saturated rings. The summed E-state index contributed by atoms with van der Waals surface area (Å²) in [4.78, 5) is 28.0. The van der Waals surface area contributed by atoms with Crippen LogP contribution in [0.1, 0.15) is 18.9 Å². The first-order valence-corrected chi connectivity index (χ1v) is 10.3. The van der Waals surface area contributed by atoms with E-state index in [-0.39, 0.29) is 11.8 Å². The van der Waals surface area contributed by atoms with Gasteiger partial charge in [-0.25, -0.2) is 0 Å². The van der Waals surface area contributed by atoms with E-state index >= 15 is 0 Å². The molecule has 0 aliphatic carbocycles. The fourth-order valence-electron chi connectivity index (χ4n) is 3.05. The van der Waals surface area contributed by atoms with E-state index in [0.29, 0.717) is 11.4 Å². The molecule has 0 bridgehead atoms. The highest BCUT2D eigenvalue weighted by Gasteiger charge is 2.21. The van der Waals surface area contributed by atoms with Crippen LogP contribution in [0.4, 0.5) is 11.4 Å². The number of rotatable bonds is 7. The Labute approximate surface area is 170 Å². The highest BCUT2D eigenvalue weighted by atomic mass is 32.2. The molecule has 6 heteroatoms. The van der Waals surface area contributed by atoms with Crippen LogP contribution in [0.3, 0.4) is 0 Å². The number of hydrogen-bond donors (Lipinski definition) is 2. The molecule has 1 heterocycles. The third-order valence-electron chi connectivity index (χ3n) is 4.49. The van der Waals surface area contributed by atoms with Crippen molar-refractivity contribution in [3.8, 4) is 0 Å². The van der Waals surface area contributed by atoms with E-state index in [2.05, 4.69) is 53.6 Å². The van der Waals surface area contributed by atoms with E-state index < -0.39 is 0 Å². The van der Waals surface area contributed by atoms with Crippen molar-refractivity contribution in [2.24, 2.45) is 0 Å². The van der Waals surface area contributed by atoms with Gasteiger partial charge in [0.15, 0.2) is 0 Å². The van der Waals surface area contributed by atoms with E-state index in [1.807, 2.05) is 24.3 Å². The molecule has 0 spiro atoms. The number of hydrogen-bond acceptors (Lipinski definition) is 4. The first-order chi connectivity index (χ1) is 13.6. The minimum Gasteiger partial charge on any atom is -0.372 e. The topological polar surface area (TPSA) is 61.4 Å². The maximum absolute atomic E-state index is 12.2. The van der Waals surface area contributed by atoms with Gasteiger partial charge in [0.1, 0.15) is 0 Å². The van der Waals surface area contributed by atoms with Gasteiger partial charge in [-0.2, -0.15) is 0 Å². The largest absolute Gasteiger partial charge is 0.372 e. The monoisotopic (exact) mass is 395 g/mol. The predicted octanol–water partition coefficient (Wildman–Crippen LogP) is 3.96. The van der Waals surface area contributed by atoms with E-state index in [9.17, 15) is 9.59 Å². The molecular weight excluding hydrogens is 370 g/mol. The number of anilines is 2. The minimum atomic E-state index is -0.240. The summed E-state index contributed by atoms with van der Waals surface area (Å²) in [5, 5.41) is 5.69. The summed E-state index contributed by atoms with van der Waals surface area (Å²) >= 11 is 1.32. The first-order valence-electron chi connectivity index (χ1n) is 9.46. The zero-order valence-corrected chi connectivity index (χ0v) is 17.0. The highest BCUT2D eigenvalue weighted by molar-refractivity contribution is 8.04. The van der Waals surface area contributed by atoms with Crippen molar-refractivity contribution < 1.29 is 9.59 Å². The van der Waals surface area contributed by atoms with Crippen LogP contribution in [-0.2, 0) is 9.59 Å². The second-order valence-corrected chi connectivity index (χ2v) is 7.71. The molecule has 28 heavy (non-hydrogen) atoms. The van der Waals surface area contributed by atoms with Gasteiger partial charge >= 0.3 is 0 Å². The molecule has 2 aromatic carbocycles. The molecule has 0 atom stereocenters. The number of nitrogens with zero attached hydrogens (tertiary/aromatic N) is 1. The van der Waals surface area contributed by atoms with Crippen molar-refractivity contribution in [1.29, 1.82) is 0 Å². The van der Waals surface area contributed by atoms with E-state index in [0.717, 1.165) is 30.1 Å². The molecule has 0 unspecified atom stereocenters. The molecule has 1 aliphatic rings. The van der Waals surface area contributed by atoms with Crippen molar-refractivity contribution in [1.82, 2.24) is 5.32 Å². The van der Waals surface area contributed by atoms with Crippen LogP contribution in [0.2, 0.25) is 0 Å². The summed E-state index contributed by atoms with van der Waals surface area (Å²) in [5.41, 5.74) is 3.22. The second kappa shape index (κ2) is 9.46. The van der Waals surface area contributed by atoms with Crippen LogP contribution in [-0.4, -0.2) is 31.4 Å². The van der Waals surface area contributed by atoms with Gasteiger partial charge < -0.3 is 15.5 Å². The molecule has 1 aliphatic heterocycles. The fourth-order valence-corrected chi connectivity index (χ4v) is 3.97. The van der Waals surface area contributed by atoms with E-state index in [1.54, 1.807) is 0 Å². The van der Waals surface area contributed by atoms with Crippen molar-refractivity contribution in [3.63, 3.8) is 0 Å². The fraction of sp³-hybridized carbons (Fsp3) is 0.273. The van der Waals surface area contributed by atoms with Crippen molar-refractivity contribution in [2.45, 2.75) is 25.2 Å². The number of carbonyl (C=O) groups excluding carboxylic acids is 2. The van der Waals surface area contributed by atoms with Gasteiger partial charge in [0.25, 0.3) is 5.91 Å². The van der Waals surface area contributed by atoms with Gasteiger partial charge in [-0.3, -0.25) is 9.59 Å². The van der Waals surface area contributed by atoms with Gasteiger partial charge in [-0.1, -0.05) is 36.0 Å². The number of amides is 2. The summed E-state index contributed by atoms with van der Waals surface area (Å²) in [6, 6.07) is 16.0. The highest BCUT2D eigenvalue weighted by Crippen LogP contribution is 2.37. The Hall–Kier alpha value is -2.73. The average Bonchev–Trinajstić information content (AvgIpc) is 2.68. The summed E-state index contributed by atoms with van der Waals surface area (Å²) in [6.07, 6.45) is 2.22. The van der Waals surface area contributed by atoms with Crippen molar-refractivity contribution >= 4 is 35.0 Å². The second-order valence-electron chi connectivity index (χ2n) is 6.62. The lowest BCUT2D eigenvalue weighted by atomic mass is 10.2. The Kier molecular flexibility index (Phi) is 6.76. The Bertz CT molecular complexity index is 895. The standard InChI is InChI=1S/C22H25N3O2S/c1-3-25(17-9-6-8-16(2)14-17)13-7-12-23-21(26)15-20-22(27)24-18-10-4-5-11-19(18)28-20/h4-6,8-11,14-15H,3,7,12-13H2,1-2H3,(H,23,26)(H,24,27). The van der Waals surface area contributed by atoms with Gasteiger partial charge in [0, 0.05) is 36.3 Å². The molecule has 3 rings (SSSR count). The third kappa shape index (κ3) is 5.16. The van der Waals surface area contributed by atoms with E-state index in [1.165, 1.54) is 29.1 Å². The predicted molar refractivity (Wildman–Crippen MR) is 116 cm³/mol. The minimum absolute atomic E-state index is 0.240. The molecule has 0 aromatic heterocycles. The average molecular weight is 396 g/mol. The quantitative estimate of drug-likeness (QED) is 0.550. The van der Waals surface area contributed by atoms with E-state index in [4.69, 9.17) is 0 Å². The molecular formula is C22H25N3O2S. The van der Waals surface area contributed by atoms with Gasteiger partial charge in [-0.05, 0) is 50.1 Å². The Morgan fingerprint density at radius 3 is 2.82 bits per heavy atom. The number of benzene rings is 2. The number of fused-ring (bicyclic) bond motifs is 1. The number of thioether (sulfide) groups is 1. The molecule has 146 valence electrons. The molecule has 0 radical (unpaired) electrons. The van der Waals surface area contributed by atoms with Crippen LogP contribution in [0.25, 0.3) is 0 Å². The molecule has 5 nitrogen and oxygen atoms in total. The number of nitrogens with one attached hydrogen (secondary N) is 2. The maximum Gasteiger partial charge on any atom is 0.262 e. The maximum atomic E-state index is 12.2.